The Labute approximate surface area is 294 Å². The van der Waals surface area contributed by atoms with Gasteiger partial charge < -0.3 is 29.4 Å². The van der Waals surface area contributed by atoms with Gasteiger partial charge in [0.15, 0.2) is 0 Å². The SMILES string of the molecule is COc1c(Br)cc(COC(=O)N2CC[C@@H](N3CCc4ccccc4NC3=O)C[C@@]2(CC=O)N2CCC(N3CCCCC3)CC2)cc1Br. The van der Waals surface area contributed by atoms with Gasteiger partial charge in [-0.25, -0.2) is 9.59 Å². The normalized spacial score (nSPS) is 24.7. The lowest BCUT2D eigenvalue weighted by Gasteiger charge is -2.57. The van der Waals surface area contributed by atoms with Gasteiger partial charge in [-0.2, -0.15) is 0 Å². The summed E-state index contributed by atoms with van der Waals surface area (Å²) in [6.07, 6.45) is 8.25. The number of ether oxygens (including phenoxy) is 2. The van der Waals surface area contributed by atoms with Crippen LogP contribution in [0, 0.1) is 0 Å². The highest BCUT2D eigenvalue weighted by Gasteiger charge is 2.52. The van der Waals surface area contributed by atoms with Crippen LogP contribution in [0.1, 0.15) is 62.5 Å². The van der Waals surface area contributed by atoms with Crippen molar-refractivity contribution in [1.82, 2.24) is 19.6 Å². The first-order valence-electron chi connectivity index (χ1n) is 16.9. The monoisotopic (exact) mass is 773 g/mol. The van der Waals surface area contributed by atoms with Crippen LogP contribution in [-0.2, 0) is 22.6 Å². The molecule has 2 atom stereocenters. The number of anilines is 1. The number of nitrogens with one attached hydrogen (secondary N) is 1. The Balaban J connectivity index is 1.24. The van der Waals surface area contributed by atoms with Crippen molar-refractivity contribution in [2.24, 2.45) is 0 Å². The molecule has 4 heterocycles. The fraction of sp³-hybridized carbons (Fsp3) is 0.571. The van der Waals surface area contributed by atoms with Crippen molar-refractivity contribution in [3.05, 3.63) is 56.5 Å². The van der Waals surface area contributed by atoms with Gasteiger partial charge >= 0.3 is 12.1 Å². The van der Waals surface area contributed by atoms with Gasteiger partial charge in [-0.3, -0.25) is 9.80 Å². The maximum absolute atomic E-state index is 14.1. The molecule has 47 heavy (non-hydrogen) atoms. The number of amides is 3. The van der Waals surface area contributed by atoms with Crippen LogP contribution >= 0.6 is 31.9 Å². The summed E-state index contributed by atoms with van der Waals surface area (Å²) in [6, 6.07) is 11.9. The van der Waals surface area contributed by atoms with Crippen LogP contribution in [0.5, 0.6) is 5.75 Å². The summed E-state index contributed by atoms with van der Waals surface area (Å²) in [5.74, 6) is 0.667. The Bertz CT molecular complexity index is 1420. The molecule has 2 aromatic carbocycles. The van der Waals surface area contributed by atoms with Crippen molar-refractivity contribution >= 4 is 56.0 Å². The second-order valence-corrected chi connectivity index (χ2v) is 14.9. The van der Waals surface area contributed by atoms with E-state index in [1.807, 2.05) is 35.2 Å². The molecule has 2 aromatic rings. The number of carbonyl (C=O) groups is 3. The van der Waals surface area contributed by atoms with Crippen molar-refractivity contribution in [3.63, 3.8) is 0 Å². The van der Waals surface area contributed by atoms with Crippen LogP contribution in [0.4, 0.5) is 15.3 Å². The van der Waals surface area contributed by atoms with E-state index in [1.165, 1.54) is 19.3 Å². The third-order valence-electron chi connectivity index (χ3n) is 10.5. The molecule has 10 nitrogen and oxygen atoms in total. The van der Waals surface area contributed by atoms with Crippen molar-refractivity contribution in [2.75, 3.05) is 51.7 Å². The first kappa shape index (κ1) is 34.2. The number of nitrogens with zero attached hydrogens (tertiary/aromatic N) is 4. The minimum Gasteiger partial charge on any atom is -0.494 e. The summed E-state index contributed by atoms with van der Waals surface area (Å²) in [4.78, 5) is 48.9. The predicted octanol–water partition coefficient (Wildman–Crippen LogP) is 6.65. The molecule has 254 valence electrons. The quantitative estimate of drug-likeness (QED) is 0.301. The molecule has 3 amide bonds. The van der Waals surface area contributed by atoms with Crippen molar-refractivity contribution < 1.29 is 23.9 Å². The molecule has 4 aliphatic heterocycles. The van der Waals surface area contributed by atoms with Crippen molar-refractivity contribution in [3.8, 4) is 5.75 Å². The van der Waals surface area contributed by atoms with Crippen LogP contribution in [0.3, 0.4) is 0 Å². The Morgan fingerprint density at radius 2 is 1.68 bits per heavy atom. The smallest absolute Gasteiger partial charge is 0.411 e. The van der Waals surface area contributed by atoms with Crippen LogP contribution in [-0.4, -0.2) is 102 Å². The topological polar surface area (TPSA) is 94.7 Å². The van der Waals surface area contributed by atoms with Gasteiger partial charge in [0.1, 0.15) is 24.3 Å². The zero-order valence-electron chi connectivity index (χ0n) is 27.1. The first-order chi connectivity index (χ1) is 22.8. The average molecular weight is 776 g/mol. The maximum atomic E-state index is 14.1. The average Bonchev–Trinajstić information content (AvgIpc) is 3.25. The number of piperidine rings is 3. The second-order valence-electron chi connectivity index (χ2n) is 13.1. The molecule has 6 rings (SSSR count). The molecule has 0 saturated carbocycles. The van der Waals surface area contributed by atoms with Crippen LogP contribution in [0.25, 0.3) is 0 Å². The van der Waals surface area contributed by atoms with Crippen LogP contribution in [0.2, 0.25) is 0 Å². The summed E-state index contributed by atoms with van der Waals surface area (Å²) in [5, 5.41) is 3.12. The van der Waals surface area contributed by atoms with E-state index in [9.17, 15) is 14.4 Å². The number of para-hydroxylation sites is 1. The number of halogens is 2. The van der Waals surface area contributed by atoms with Gasteiger partial charge in [0.2, 0.25) is 0 Å². The van der Waals surface area contributed by atoms with E-state index >= 15 is 0 Å². The fourth-order valence-electron chi connectivity index (χ4n) is 8.14. The summed E-state index contributed by atoms with van der Waals surface area (Å²) >= 11 is 7.08. The first-order valence-corrected chi connectivity index (χ1v) is 18.5. The molecule has 3 fully saturated rings. The number of likely N-dealkylation sites (tertiary alicyclic amines) is 3. The molecule has 0 unspecified atom stereocenters. The molecular weight excluding hydrogens is 730 g/mol. The van der Waals surface area contributed by atoms with E-state index < -0.39 is 11.8 Å². The molecule has 0 bridgehead atoms. The number of hydrogen-bond donors (Lipinski definition) is 1. The van der Waals surface area contributed by atoms with Crippen LogP contribution in [0.15, 0.2) is 45.3 Å². The number of benzene rings is 2. The predicted molar refractivity (Wildman–Crippen MR) is 188 cm³/mol. The van der Waals surface area contributed by atoms with Gasteiger partial charge in [-0.15, -0.1) is 0 Å². The van der Waals surface area contributed by atoms with Gasteiger partial charge in [-0.05, 0) is 113 Å². The number of methoxy groups -OCH3 is 1. The van der Waals surface area contributed by atoms with E-state index in [4.69, 9.17) is 9.47 Å². The summed E-state index contributed by atoms with van der Waals surface area (Å²) in [7, 11) is 1.60. The largest absolute Gasteiger partial charge is 0.494 e. The van der Waals surface area contributed by atoms with E-state index in [-0.39, 0.29) is 25.1 Å². The Hall–Kier alpha value is -2.67. The van der Waals surface area contributed by atoms with E-state index in [0.29, 0.717) is 37.7 Å². The highest BCUT2D eigenvalue weighted by Crippen LogP contribution is 2.40. The fourth-order valence-corrected chi connectivity index (χ4v) is 9.75. The number of aldehydes is 1. The van der Waals surface area contributed by atoms with Crippen molar-refractivity contribution in [2.45, 2.75) is 82.1 Å². The molecule has 0 spiro atoms. The lowest BCUT2D eigenvalue weighted by molar-refractivity contribution is -0.128. The van der Waals surface area contributed by atoms with Gasteiger partial charge in [0.05, 0.1) is 16.1 Å². The molecule has 1 N–H and O–H groups in total. The van der Waals surface area contributed by atoms with E-state index in [2.05, 4.69) is 53.0 Å². The number of hydrogen-bond acceptors (Lipinski definition) is 7. The highest BCUT2D eigenvalue weighted by atomic mass is 79.9. The zero-order chi connectivity index (χ0) is 33.0. The zero-order valence-corrected chi connectivity index (χ0v) is 30.3. The molecule has 12 heteroatoms. The Kier molecular flexibility index (Phi) is 11.1. The molecule has 4 aliphatic rings. The molecular formula is C35H45Br2N5O5. The van der Waals surface area contributed by atoms with Gasteiger partial charge in [0.25, 0.3) is 0 Å². The number of urea groups is 1. The number of carbonyl (C=O) groups excluding carboxylic acids is 3. The summed E-state index contributed by atoms with van der Waals surface area (Å²) in [5.41, 5.74) is 1.86. The maximum Gasteiger partial charge on any atom is 0.411 e. The number of fused-ring (bicyclic) bond motifs is 1. The minimum atomic E-state index is -0.894. The lowest BCUT2D eigenvalue weighted by atomic mass is 9.84. The number of rotatable bonds is 8. The highest BCUT2D eigenvalue weighted by molar-refractivity contribution is 9.11. The van der Waals surface area contributed by atoms with Gasteiger partial charge in [0, 0.05) is 56.8 Å². The van der Waals surface area contributed by atoms with Crippen molar-refractivity contribution in [1.29, 1.82) is 0 Å². The van der Waals surface area contributed by atoms with E-state index in [0.717, 1.165) is 77.5 Å². The lowest BCUT2D eigenvalue weighted by Crippen LogP contribution is -2.70. The molecule has 0 aromatic heterocycles. The molecule has 3 saturated heterocycles. The standard InChI is InChI=1S/C35H45Br2N5O5/c1-46-32-29(36)21-25(22-30(32)37)24-47-34(45)42-19-12-28(41-18-9-26-7-3-4-8-31(26)38-33(41)44)23-35(42,13-20-43)40-16-10-27(11-17-40)39-14-5-2-6-15-39/h3-4,7-8,20-22,27-28H,2,5-6,9-19,23-24H2,1H3,(H,38,44)/t28-,35+/m1/s1. The Morgan fingerprint density at radius 1 is 0.979 bits per heavy atom. The third-order valence-corrected chi connectivity index (χ3v) is 11.7. The Morgan fingerprint density at radius 3 is 2.38 bits per heavy atom. The molecule has 0 radical (unpaired) electrons. The second kappa shape index (κ2) is 15.3. The minimum absolute atomic E-state index is 0.0704. The summed E-state index contributed by atoms with van der Waals surface area (Å²) in [6.45, 7) is 4.89. The van der Waals surface area contributed by atoms with Gasteiger partial charge in [-0.1, -0.05) is 24.6 Å². The van der Waals surface area contributed by atoms with E-state index in [1.54, 1.807) is 12.0 Å². The van der Waals surface area contributed by atoms with Crippen LogP contribution < -0.4 is 10.1 Å². The third kappa shape index (κ3) is 7.35. The summed E-state index contributed by atoms with van der Waals surface area (Å²) < 4.78 is 12.9. The molecule has 0 aliphatic carbocycles.